The van der Waals surface area contributed by atoms with E-state index in [0.717, 1.165) is 5.56 Å². The zero-order chi connectivity index (χ0) is 17.8. The third-order valence-electron chi connectivity index (χ3n) is 3.43. The molecule has 3 aromatic rings. The van der Waals surface area contributed by atoms with E-state index in [0.29, 0.717) is 32.5 Å². The molecule has 1 heterocycles. The van der Waals surface area contributed by atoms with Crippen molar-refractivity contribution in [2.45, 2.75) is 17.3 Å². The third-order valence-corrected chi connectivity index (χ3v) is 5.09. The van der Waals surface area contributed by atoms with E-state index < -0.39 is 0 Å². The van der Waals surface area contributed by atoms with Gasteiger partial charge < -0.3 is 0 Å². The Balaban J connectivity index is 0.00000243. The molecule has 2 aromatic carbocycles. The van der Waals surface area contributed by atoms with Gasteiger partial charge >= 0.3 is 0 Å². The van der Waals surface area contributed by atoms with Gasteiger partial charge in [0.2, 0.25) is 0 Å². The lowest BCUT2D eigenvalue weighted by Gasteiger charge is -2.10. The van der Waals surface area contributed by atoms with Crippen molar-refractivity contribution in [3.63, 3.8) is 0 Å². The Hall–Kier alpha value is -1.78. The van der Waals surface area contributed by atoms with Crippen LogP contribution in [0, 0.1) is 17.1 Å². The van der Waals surface area contributed by atoms with Crippen LogP contribution in [0.1, 0.15) is 11.4 Å². The van der Waals surface area contributed by atoms with Crippen LogP contribution < -0.4 is 0 Å². The van der Waals surface area contributed by atoms with E-state index in [2.05, 4.69) is 16.3 Å². The number of halogens is 4. The summed E-state index contributed by atoms with van der Waals surface area (Å²) in [7, 11) is 0. The zero-order valence-corrected chi connectivity index (χ0v) is 16.3. The van der Waals surface area contributed by atoms with Gasteiger partial charge in [0.25, 0.3) is 0 Å². The first-order chi connectivity index (χ1) is 12.1. The van der Waals surface area contributed by atoms with Gasteiger partial charge in [0.05, 0.1) is 12.5 Å². The van der Waals surface area contributed by atoms with Gasteiger partial charge in [0, 0.05) is 21.5 Å². The van der Waals surface area contributed by atoms with E-state index in [4.69, 9.17) is 28.5 Å². The Morgan fingerprint density at radius 3 is 2.35 bits per heavy atom. The molecule has 134 valence electrons. The number of nitrogens with zero attached hydrogens (tertiary/aromatic N) is 4. The second kappa shape index (κ2) is 9.24. The predicted octanol–water partition coefficient (Wildman–Crippen LogP) is 5.49. The molecule has 0 fully saturated rings. The molecule has 0 N–H and O–H groups in total. The van der Waals surface area contributed by atoms with Crippen LogP contribution in [0.3, 0.4) is 0 Å². The molecular weight excluding hydrogens is 418 g/mol. The van der Waals surface area contributed by atoms with Crippen molar-refractivity contribution in [1.82, 2.24) is 14.8 Å². The summed E-state index contributed by atoms with van der Waals surface area (Å²) in [6, 6.07) is 13.3. The van der Waals surface area contributed by atoms with Crippen molar-refractivity contribution >= 4 is 47.4 Å². The summed E-state index contributed by atoms with van der Waals surface area (Å²) in [4.78, 5) is 0. The minimum Gasteiger partial charge on any atom is -0.273 e. The van der Waals surface area contributed by atoms with Crippen molar-refractivity contribution in [2.24, 2.45) is 0 Å². The van der Waals surface area contributed by atoms with E-state index in [1.807, 2.05) is 0 Å². The van der Waals surface area contributed by atoms with Gasteiger partial charge in [-0.05, 0) is 42.0 Å². The Labute approximate surface area is 170 Å². The van der Waals surface area contributed by atoms with Crippen molar-refractivity contribution in [2.75, 3.05) is 0 Å². The second-order valence-corrected chi connectivity index (χ2v) is 6.79. The highest BCUT2D eigenvalue weighted by molar-refractivity contribution is 7.98. The maximum atomic E-state index is 13.2. The van der Waals surface area contributed by atoms with Crippen LogP contribution >= 0.6 is 47.4 Å². The van der Waals surface area contributed by atoms with Gasteiger partial charge in [-0.3, -0.25) is 4.57 Å². The van der Waals surface area contributed by atoms with Crippen LogP contribution in [0.15, 0.2) is 47.6 Å². The lowest BCUT2D eigenvalue weighted by molar-refractivity contribution is 0.627. The largest absolute Gasteiger partial charge is 0.273 e. The maximum Gasteiger partial charge on any atom is 0.196 e. The zero-order valence-electron chi connectivity index (χ0n) is 13.2. The summed E-state index contributed by atoms with van der Waals surface area (Å²) in [6.07, 6.45) is 0.0950. The number of rotatable bonds is 5. The van der Waals surface area contributed by atoms with Gasteiger partial charge in [0.1, 0.15) is 5.82 Å². The molecule has 0 saturated heterocycles. The molecule has 26 heavy (non-hydrogen) atoms. The number of nitriles is 1. The summed E-state index contributed by atoms with van der Waals surface area (Å²) in [5.41, 5.74) is 1.48. The average Bonchev–Trinajstić information content (AvgIpc) is 2.98. The molecule has 1 aromatic heterocycles. The minimum absolute atomic E-state index is 0. The molecule has 0 aliphatic rings. The fourth-order valence-corrected chi connectivity index (χ4v) is 3.95. The number of hydrogen-bond acceptors (Lipinski definition) is 4. The first-order valence-corrected chi connectivity index (χ1v) is 8.97. The SMILES string of the molecule is Cl.N#CCc1nnc(SCc2c(Cl)cccc2Cl)n1-c1ccc(F)cc1. The molecule has 0 amide bonds. The molecule has 0 bridgehead atoms. The molecular formula is C17H12Cl3FN4S. The van der Waals surface area contributed by atoms with Gasteiger partial charge in [-0.15, -0.1) is 22.6 Å². The van der Waals surface area contributed by atoms with Gasteiger partial charge in [-0.2, -0.15) is 5.26 Å². The monoisotopic (exact) mass is 428 g/mol. The van der Waals surface area contributed by atoms with Crippen molar-refractivity contribution in [1.29, 1.82) is 5.26 Å². The van der Waals surface area contributed by atoms with Crippen molar-refractivity contribution in [3.05, 3.63) is 69.7 Å². The molecule has 0 spiro atoms. The molecule has 9 heteroatoms. The third kappa shape index (κ3) is 4.49. The number of hydrogen-bond donors (Lipinski definition) is 0. The molecule has 0 unspecified atom stereocenters. The summed E-state index contributed by atoms with van der Waals surface area (Å²) in [5, 5.41) is 18.9. The second-order valence-electron chi connectivity index (χ2n) is 5.03. The van der Waals surface area contributed by atoms with E-state index >= 15 is 0 Å². The Bertz CT molecular complexity index is 918. The molecule has 0 saturated carbocycles. The number of thioether (sulfide) groups is 1. The van der Waals surface area contributed by atoms with Crippen LogP contribution in [0.5, 0.6) is 0 Å². The van der Waals surface area contributed by atoms with Crippen LogP contribution in [0.2, 0.25) is 10.0 Å². The highest BCUT2D eigenvalue weighted by Crippen LogP contribution is 2.32. The van der Waals surface area contributed by atoms with E-state index in [1.165, 1.54) is 23.9 Å². The Kier molecular flexibility index (Phi) is 7.30. The minimum atomic E-state index is -0.337. The lowest BCUT2D eigenvalue weighted by Crippen LogP contribution is -2.02. The van der Waals surface area contributed by atoms with Crippen LogP contribution in [-0.2, 0) is 12.2 Å². The quantitative estimate of drug-likeness (QED) is 0.503. The summed E-state index contributed by atoms with van der Waals surface area (Å²) < 4.78 is 14.9. The first-order valence-electron chi connectivity index (χ1n) is 7.23. The lowest BCUT2D eigenvalue weighted by atomic mass is 10.2. The fraction of sp³-hybridized carbons (Fsp3) is 0.118. The molecule has 0 radical (unpaired) electrons. The van der Waals surface area contributed by atoms with Crippen molar-refractivity contribution < 1.29 is 4.39 Å². The Morgan fingerprint density at radius 1 is 1.08 bits per heavy atom. The Morgan fingerprint density at radius 2 is 1.73 bits per heavy atom. The van der Waals surface area contributed by atoms with Gasteiger partial charge in [-0.1, -0.05) is 41.0 Å². The standard InChI is InChI=1S/C17H11Cl2FN4S.ClH/c18-14-2-1-3-15(19)13(14)10-25-17-23-22-16(8-9-21)24(17)12-6-4-11(20)5-7-12;/h1-7H,8,10H2;1H. The van der Waals surface area contributed by atoms with Crippen LogP contribution in [0.4, 0.5) is 4.39 Å². The van der Waals surface area contributed by atoms with E-state index in [-0.39, 0.29) is 24.6 Å². The average molecular weight is 430 g/mol. The van der Waals surface area contributed by atoms with E-state index in [9.17, 15) is 4.39 Å². The highest BCUT2D eigenvalue weighted by atomic mass is 35.5. The highest BCUT2D eigenvalue weighted by Gasteiger charge is 2.16. The van der Waals surface area contributed by atoms with Gasteiger partial charge in [-0.25, -0.2) is 4.39 Å². The maximum absolute atomic E-state index is 13.2. The summed E-state index contributed by atoms with van der Waals surface area (Å²) in [5.74, 6) is 0.641. The van der Waals surface area contributed by atoms with Crippen LogP contribution in [0.25, 0.3) is 5.69 Å². The summed E-state index contributed by atoms with van der Waals surface area (Å²) >= 11 is 13.8. The smallest absolute Gasteiger partial charge is 0.196 e. The van der Waals surface area contributed by atoms with E-state index in [1.54, 1.807) is 34.9 Å². The molecule has 3 rings (SSSR count). The molecule has 0 aliphatic carbocycles. The molecule has 4 nitrogen and oxygen atoms in total. The molecule has 0 atom stereocenters. The van der Waals surface area contributed by atoms with Crippen LogP contribution in [-0.4, -0.2) is 14.8 Å². The fourth-order valence-electron chi connectivity index (χ4n) is 2.24. The topological polar surface area (TPSA) is 54.5 Å². The summed E-state index contributed by atoms with van der Waals surface area (Å²) in [6.45, 7) is 0. The molecule has 0 aliphatic heterocycles. The van der Waals surface area contributed by atoms with Gasteiger partial charge in [0.15, 0.2) is 11.0 Å². The number of aromatic nitrogens is 3. The van der Waals surface area contributed by atoms with Crippen molar-refractivity contribution in [3.8, 4) is 11.8 Å². The first kappa shape index (κ1) is 20.5. The number of benzene rings is 2. The predicted molar refractivity (Wildman–Crippen MR) is 104 cm³/mol. The normalized spacial score (nSPS) is 10.2.